The topological polar surface area (TPSA) is 66.9 Å². The van der Waals surface area contributed by atoms with Crippen LogP contribution in [0.4, 0.5) is 11.5 Å². The van der Waals surface area contributed by atoms with Gasteiger partial charge in [0.15, 0.2) is 11.0 Å². The van der Waals surface area contributed by atoms with E-state index in [0.29, 0.717) is 23.1 Å². The normalized spacial score (nSPS) is 10.7. The van der Waals surface area contributed by atoms with Crippen molar-refractivity contribution in [2.24, 2.45) is 0 Å². The van der Waals surface area contributed by atoms with Crippen molar-refractivity contribution in [2.75, 3.05) is 10.6 Å². The first kappa shape index (κ1) is 18.9. The van der Waals surface area contributed by atoms with E-state index < -0.39 is 0 Å². The van der Waals surface area contributed by atoms with Gasteiger partial charge in [0.25, 0.3) is 5.91 Å². The number of hydrogen-bond acceptors (Lipinski definition) is 4. The van der Waals surface area contributed by atoms with Crippen molar-refractivity contribution in [2.45, 2.75) is 13.5 Å². The Morgan fingerprint density at radius 2 is 1.76 bits per heavy atom. The van der Waals surface area contributed by atoms with Gasteiger partial charge in [-0.2, -0.15) is 0 Å². The fourth-order valence-electron chi connectivity index (χ4n) is 3.10. The van der Waals surface area contributed by atoms with Crippen LogP contribution in [0.2, 0.25) is 5.15 Å². The molecule has 0 aliphatic rings. The Morgan fingerprint density at radius 1 is 0.931 bits per heavy atom. The minimum Gasteiger partial charge on any atom is -0.364 e. The second-order valence-electron chi connectivity index (χ2n) is 6.76. The van der Waals surface area contributed by atoms with Crippen LogP contribution >= 0.6 is 11.6 Å². The van der Waals surface area contributed by atoms with Crippen molar-refractivity contribution in [3.63, 3.8) is 0 Å². The second kappa shape index (κ2) is 8.29. The molecule has 0 aliphatic carbocycles. The van der Waals surface area contributed by atoms with Gasteiger partial charge in [-0.1, -0.05) is 60.1 Å². The molecule has 3 aromatic carbocycles. The molecule has 0 bridgehead atoms. The fourth-order valence-corrected chi connectivity index (χ4v) is 3.30. The summed E-state index contributed by atoms with van der Waals surface area (Å²) in [6.07, 6.45) is 0. The third-order valence-corrected chi connectivity index (χ3v) is 4.85. The van der Waals surface area contributed by atoms with Crippen molar-refractivity contribution in [1.29, 1.82) is 0 Å². The van der Waals surface area contributed by atoms with Crippen molar-refractivity contribution in [3.05, 3.63) is 94.6 Å². The molecule has 0 saturated carbocycles. The lowest BCUT2D eigenvalue weighted by Gasteiger charge is -2.11. The van der Waals surface area contributed by atoms with E-state index >= 15 is 0 Å². The summed E-state index contributed by atoms with van der Waals surface area (Å²) in [5.41, 5.74) is 3.47. The smallest absolute Gasteiger partial charge is 0.255 e. The third kappa shape index (κ3) is 4.36. The van der Waals surface area contributed by atoms with Gasteiger partial charge in [-0.25, -0.2) is 0 Å². The molecule has 6 heteroatoms. The minimum absolute atomic E-state index is 0.195. The molecule has 0 aliphatic heterocycles. The number of carbonyl (C=O) groups is 1. The molecule has 5 nitrogen and oxygen atoms in total. The molecule has 0 unspecified atom stereocenters. The molecule has 0 fully saturated rings. The SMILES string of the molecule is Cc1cccc(NC(=O)c2ccc3c(Cl)nnc(NCc4ccccc4)c3c2)c1. The predicted octanol–water partition coefficient (Wildman–Crippen LogP) is 5.46. The molecule has 29 heavy (non-hydrogen) atoms. The number of anilines is 2. The first-order chi connectivity index (χ1) is 14.1. The first-order valence-corrected chi connectivity index (χ1v) is 9.60. The Kier molecular flexibility index (Phi) is 5.40. The summed E-state index contributed by atoms with van der Waals surface area (Å²) < 4.78 is 0. The summed E-state index contributed by atoms with van der Waals surface area (Å²) in [6.45, 7) is 2.57. The van der Waals surface area contributed by atoms with E-state index in [2.05, 4.69) is 20.8 Å². The van der Waals surface area contributed by atoms with Crippen LogP contribution in [0.25, 0.3) is 10.8 Å². The third-order valence-electron chi connectivity index (χ3n) is 4.58. The number of rotatable bonds is 5. The molecular weight excluding hydrogens is 384 g/mol. The molecule has 4 aromatic rings. The number of nitrogens with zero attached hydrogens (tertiary/aromatic N) is 2. The lowest BCUT2D eigenvalue weighted by atomic mass is 10.1. The largest absolute Gasteiger partial charge is 0.364 e. The molecule has 0 saturated heterocycles. The molecule has 1 amide bonds. The van der Waals surface area contributed by atoms with Crippen LogP contribution in [0.1, 0.15) is 21.5 Å². The highest BCUT2D eigenvalue weighted by Crippen LogP contribution is 2.28. The molecule has 2 N–H and O–H groups in total. The molecule has 0 atom stereocenters. The molecule has 144 valence electrons. The molecule has 0 radical (unpaired) electrons. The highest BCUT2D eigenvalue weighted by Gasteiger charge is 2.13. The van der Waals surface area contributed by atoms with Gasteiger partial charge >= 0.3 is 0 Å². The van der Waals surface area contributed by atoms with Crippen molar-refractivity contribution in [1.82, 2.24) is 10.2 Å². The Labute approximate surface area is 173 Å². The summed E-state index contributed by atoms with van der Waals surface area (Å²) in [4.78, 5) is 12.7. The van der Waals surface area contributed by atoms with E-state index in [1.54, 1.807) is 18.2 Å². The maximum absolute atomic E-state index is 12.7. The molecule has 1 aromatic heterocycles. The van der Waals surface area contributed by atoms with Gasteiger partial charge in [0.05, 0.1) is 0 Å². The van der Waals surface area contributed by atoms with Crippen LogP contribution in [0.15, 0.2) is 72.8 Å². The quantitative estimate of drug-likeness (QED) is 0.465. The van der Waals surface area contributed by atoms with Gasteiger partial charge in [-0.3, -0.25) is 4.79 Å². The number of aryl methyl sites for hydroxylation is 1. The monoisotopic (exact) mass is 402 g/mol. The zero-order valence-corrected chi connectivity index (χ0v) is 16.6. The maximum Gasteiger partial charge on any atom is 0.255 e. The highest BCUT2D eigenvalue weighted by molar-refractivity contribution is 6.34. The van der Waals surface area contributed by atoms with Crippen molar-refractivity contribution < 1.29 is 4.79 Å². The second-order valence-corrected chi connectivity index (χ2v) is 7.12. The Balaban J connectivity index is 1.63. The number of halogens is 1. The lowest BCUT2D eigenvalue weighted by Crippen LogP contribution is -2.12. The Bertz CT molecular complexity index is 1180. The number of benzene rings is 3. The summed E-state index contributed by atoms with van der Waals surface area (Å²) >= 11 is 6.22. The average molecular weight is 403 g/mol. The van der Waals surface area contributed by atoms with E-state index in [9.17, 15) is 4.79 Å². The van der Waals surface area contributed by atoms with E-state index in [0.717, 1.165) is 27.6 Å². The van der Waals surface area contributed by atoms with Gasteiger partial charge in [-0.15, -0.1) is 10.2 Å². The van der Waals surface area contributed by atoms with E-state index in [-0.39, 0.29) is 5.91 Å². The number of fused-ring (bicyclic) bond motifs is 1. The molecule has 1 heterocycles. The summed E-state index contributed by atoms with van der Waals surface area (Å²) in [7, 11) is 0. The van der Waals surface area contributed by atoms with Gasteiger partial charge < -0.3 is 10.6 Å². The number of hydrogen-bond donors (Lipinski definition) is 2. The van der Waals surface area contributed by atoms with E-state index in [4.69, 9.17) is 11.6 Å². The predicted molar refractivity (Wildman–Crippen MR) is 117 cm³/mol. The Hall–Kier alpha value is -3.44. The van der Waals surface area contributed by atoms with Crippen LogP contribution in [0, 0.1) is 6.92 Å². The summed E-state index contributed by atoms with van der Waals surface area (Å²) in [5.74, 6) is 0.387. The van der Waals surface area contributed by atoms with E-state index in [1.807, 2.05) is 61.5 Å². The van der Waals surface area contributed by atoms with Crippen LogP contribution in [-0.4, -0.2) is 16.1 Å². The van der Waals surface area contributed by atoms with Gasteiger partial charge in [0, 0.05) is 28.6 Å². The minimum atomic E-state index is -0.195. The Morgan fingerprint density at radius 3 is 2.55 bits per heavy atom. The standard InChI is InChI=1S/C23H19ClN4O/c1-15-6-5-9-18(12-15)26-23(29)17-10-11-19-20(13-17)22(28-27-21(19)24)25-14-16-7-3-2-4-8-16/h2-13H,14H2,1H3,(H,25,28)(H,26,29). The molecule has 0 spiro atoms. The van der Waals surface area contributed by atoms with Gasteiger partial charge in [-0.05, 0) is 42.3 Å². The fraction of sp³-hybridized carbons (Fsp3) is 0.0870. The number of carbonyl (C=O) groups excluding carboxylic acids is 1. The van der Waals surface area contributed by atoms with Crippen molar-refractivity contribution in [3.8, 4) is 0 Å². The summed E-state index contributed by atoms with van der Waals surface area (Å²) in [5, 5.41) is 16.2. The first-order valence-electron chi connectivity index (χ1n) is 9.22. The van der Waals surface area contributed by atoms with Crippen molar-refractivity contribution >= 4 is 39.8 Å². The summed E-state index contributed by atoms with van der Waals surface area (Å²) in [6, 6.07) is 23.0. The van der Waals surface area contributed by atoms with Crippen LogP contribution in [-0.2, 0) is 6.54 Å². The number of nitrogens with one attached hydrogen (secondary N) is 2. The molecular formula is C23H19ClN4O. The zero-order chi connectivity index (χ0) is 20.2. The average Bonchev–Trinajstić information content (AvgIpc) is 2.74. The van der Waals surface area contributed by atoms with Crippen LogP contribution in [0.5, 0.6) is 0 Å². The van der Waals surface area contributed by atoms with Crippen LogP contribution < -0.4 is 10.6 Å². The highest BCUT2D eigenvalue weighted by atomic mass is 35.5. The lowest BCUT2D eigenvalue weighted by molar-refractivity contribution is 0.102. The number of aromatic nitrogens is 2. The zero-order valence-electron chi connectivity index (χ0n) is 15.8. The van der Waals surface area contributed by atoms with Gasteiger partial charge in [0.2, 0.25) is 0 Å². The van der Waals surface area contributed by atoms with Crippen LogP contribution in [0.3, 0.4) is 0 Å². The van der Waals surface area contributed by atoms with Gasteiger partial charge in [0.1, 0.15) is 0 Å². The molecule has 4 rings (SSSR count). The maximum atomic E-state index is 12.7. The number of amides is 1. The van der Waals surface area contributed by atoms with E-state index in [1.165, 1.54) is 0 Å².